The molecule has 3 heterocycles. The summed E-state index contributed by atoms with van der Waals surface area (Å²) in [6.07, 6.45) is 3.38. The van der Waals surface area contributed by atoms with Crippen molar-refractivity contribution in [1.29, 1.82) is 0 Å². The van der Waals surface area contributed by atoms with Crippen LogP contribution in [0.5, 0.6) is 0 Å². The van der Waals surface area contributed by atoms with E-state index in [1.54, 1.807) is 0 Å². The minimum Gasteiger partial charge on any atom is -0.341 e. The fourth-order valence-corrected chi connectivity index (χ4v) is 3.53. The van der Waals surface area contributed by atoms with Crippen LogP contribution in [0.1, 0.15) is 19.3 Å². The molecule has 96 valence electrons. The van der Waals surface area contributed by atoms with E-state index in [2.05, 4.69) is 22.2 Å². The van der Waals surface area contributed by atoms with E-state index in [0.29, 0.717) is 23.8 Å². The first-order valence-corrected chi connectivity index (χ1v) is 6.93. The first-order valence-electron chi connectivity index (χ1n) is 6.93. The van der Waals surface area contributed by atoms with Crippen molar-refractivity contribution in [2.75, 3.05) is 39.8 Å². The van der Waals surface area contributed by atoms with Gasteiger partial charge in [-0.1, -0.05) is 0 Å². The third-order valence-corrected chi connectivity index (χ3v) is 4.61. The maximum atomic E-state index is 12.5. The minimum atomic E-state index is 0.295. The van der Waals surface area contributed by atoms with Gasteiger partial charge in [-0.3, -0.25) is 4.79 Å². The molecule has 2 atom stereocenters. The van der Waals surface area contributed by atoms with Gasteiger partial charge in [-0.2, -0.15) is 0 Å². The standard InChI is InChI=1S/C13H23N3O/c1-15-4-2-11(3-5-15)13(17)16-8-10-6-12(9-16)14-7-10/h10-12,14H,2-9H2,1H3. The summed E-state index contributed by atoms with van der Waals surface area (Å²) in [6.45, 7) is 5.21. The molecule has 0 aromatic carbocycles. The van der Waals surface area contributed by atoms with Crippen molar-refractivity contribution in [2.45, 2.75) is 25.3 Å². The Morgan fingerprint density at radius 1 is 1.24 bits per heavy atom. The molecule has 3 fully saturated rings. The first kappa shape index (κ1) is 11.5. The van der Waals surface area contributed by atoms with Crippen molar-refractivity contribution in [3.8, 4) is 0 Å². The van der Waals surface area contributed by atoms with Gasteiger partial charge in [0.05, 0.1) is 0 Å². The Morgan fingerprint density at radius 2 is 2.00 bits per heavy atom. The van der Waals surface area contributed by atoms with Crippen molar-refractivity contribution >= 4 is 5.91 Å². The van der Waals surface area contributed by atoms with Gasteiger partial charge in [0.2, 0.25) is 5.91 Å². The maximum Gasteiger partial charge on any atom is 0.225 e. The molecule has 1 amide bonds. The Morgan fingerprint density at radius 3 is 2.71 bits per heavy atom. The Kier molecular flexibility index (Phi) is 3.09. The summed E-state index contributed by atoms with van der Waals surface area (Å²) in [6, 6.07) is 0.573. The van der Waals surface area contributed by atoms with E-state index >= 15 is 0 Å². The van der Waals surface area contributed by atoms with E-state index in [9.17, 15) is 4.79 Å². The van der Waals surface area contributed by atoms with Crippen LogP contribution >= 0.6 is 0 Å². The molecule has 0 radical (unpaired) electrons. The van der Waals surface area contributed by atoms with E-state index in [-0.39, 0.29) is 0 Å². The number of fused-ring (bicyclic) bond motifs is 2. The molecule has 0 aliphatic carbocycles. The summed E-state index contributed by atoms with van der Waals surface area (Å²) in [5, 5.41) is 3.51. The summed E-state index contributed by atoms with van der Waals surface area (Å²) in [5.41, 5.74) is 0. The average molecular weight is 237 g/mol. The van der Waals surface area contributed by atoms with E-state index in [1.165, 1.54) is 6.42 Å². The van der Waals surface area contributed by atoms with Crippen molar-refractivity contribution in [1.82, 2.24) is 15.1 Å². The number of carbonyl (C=O) groups is 1. The molecule has 0 saturated carbocycles. The largest absolute Gasteiger partial charge is 0.341 e. The smallest absolute Gasteiger partial charge is 0.225 e. The Labute approximate surface area is 103 Å². The second kappa shape index (κ2) is 4.58. The molecule has 2 bridgehead atoms. The molecule has 0 spiro atoms. The number of nitrogens with one attached hydrogen (secondary N) is 1. The molecule has 3 aliphatic heterocycles. The van der Waals surface area contributed by atoms with Crippen LogP contribution in [0.3, 0.4) is 0 Å². The van der Waals surface area contributed by atoms with E-state index in [1.807, 2.05) is 0 Å². The lowest BCUT2D eigenvalue weighted by Crippen LogP contribution is -2.48. The number of amides is 1. The van der Waals surface area contributed by atoms with Crippen molar-refractivity contribution < 1.29 is 4.79 Å². The third kappa shape index (κ3) is 2.33. The fraction of sp³-hybridized carbons (Fsp3) is 0.923. The molecule has 4 nitrogen and oxygen atoms in total. The van der Waals surface area contributed by atoms with Gasteiger partial charge in [-0.05, 0) is 45.3 Å². The Hall–Kier alpha value is -0.610. The number of likely N-dealkylation sites (tertiary alicyclic amines) is 2. The highest BCUT2D eigenvalue weighted by Gasteiger charge is 2.37. The van der Waals surface area contributed by atoms with Gasteiger partial charge in [-0.15, -0.1) is 0 Å². The minimum absolute atomic E-state index is 0.295. The SMILES string of the molecule is CN1CCC(C(=O)N2CC3CNC(C3)C2)CC1. The number of hydrogen-bond acceptors (Lipinski definition) is 3. The van der Waals surface area contributed by atoms with Crippen LogP contribution in [0.15, 0.2) is 0 Å². The quantitative estimate of drug-likeness (QED) is 0.705. The predicted octanol–water partition coefficient (Wildman–Crippen LogP) is 0.149. The molecule has 1 N–H and O–H groups in total. The van der Waals surface area contributed by atoms with Crippen LogP contribution in [0.2, 0.25) is 0 Å². The highest BCUT2D eigenvalue weighted by molar-refractivity contribution is 5.79. The van der Waals surface area contributed by atoms with Crippen molar-refractivity contribution in [2.24, 2.45) is 11.8 Å². The Bertz CT molecular complexity index is 287. The topological polar surface area (TPSA) is 35.6 Å². The van der Waals surface area contributed by atoms with Gasteiger partial charge in [0.15, 0.2) is 0 Å². The van der Waals surface area contributed by atoms with Crippen molar-refractivity contribution in [3.05, 3.63) is 0 Å². The van der Waals surface area contributed by atoms with Crippen LogP contribution in [-0.4, -0.2) is 61.5 Å². The molecular formula is C13H23N3O. The summed E-state index contributed by atoms with van der Waals surface area (Å²) in [7, 11) is 2.14. The molecule has 3 rings (SSSR count). The van der Waals surface area contributed by atoms with Gasteiger partial charge in [0, 0.05) is 31.6 Å². The molecule has 17 heavy (non-hydrogen) atoms. The molecule has 3 saturated heterocycles. The zero-order valence-corrected chi connectivity index (χ0v) is 10.7. The predicted molar refractivity (Wildman–Crippen MR) is 66.7 cm³/mol. The van der Waals surface area contributed by atoms with E-state index in [0.717, 1.165) is 45.6 Å². The van der Waals surface area contributed by atoms with Crippen LogP contribution in [0, 0.1) is 11.8 Å². The first-order chi connectivity index (χ1) is 8.22. The number of carbonyl (C=O) groups excluding carboxylic acids is 1. The van der Waals surface area contributed by atoms with Crippen LogP contribution in [0.25, 0.3) is 0 Å². The third-order valence-electron chi connectivity index (χ3n) is 4.61. The zero-order chi connectivity index (χ0) is 11.8. The zero-order valence-electron chi connectivity index (χ0n) is 10.7. The summed E-state index contributed by atoms with van der Waals surface area (Å²) < 4.78 is 0. The summed E-state index contributed by atoms with van der Waals surface area (Å²) in [5.74, 6) is 1.43. The molecule has 2 unspecified atom stereocenters. The van der Waals surface area contributed by atoms with Gasteiger partial charge in [-0.25, -0.2) is 0 Å². The second-order valence-electron chi connectivity index (χ2n) is 6.03. The molecular weight excluding hydrogens is 214 g/mol. The van der Waals surface area contributed by atoms with Crippen LogP contribution < -0.4 is 5.32 Å². The second-order valence-corrected chi connectivity index (χ2v) is 6.03. The van der Waals surface area contributed by atoms with Gasteiger partial charge in [0.25, 0.3) is 0 Å². The highest BCUT2D eigenvalue weighted by atomic mass is 16.2. The lowest BCUT2D eigenvalue weighted by Gasteiger charge is -2.36. The van der Waals surface area contributed by atoms with Crippen LogP contribution in [-0.2, 0) is 4.79 Å². The summed E-state index contributed by atoms with van der Waals surface area (Å²) >= 11 is 0. The number of rotatable bonds is 1. The van der Waals surface area contributed by atoms with Crippen molar-refractivity contribution in [3.63, 3.8) is 0 Å². The number of piperidine rings is 2. The monoisotopic (exact) mass is 237 g/mol. The average Bonchev–Trinajstić information content (AvgIpc) is 2.68. The number of hydrogen-bond donors (Lipinski definition) is 1. The van der Waals surface area contributed by atoms with Gasteiger partial charge >= 0.3 is 0 Å². The number of nitrogens with zero attached hydrogens (tertiary/aromatic N) is 2. The van der Waals surface area contributed by atoms with Crippen LogP contribution in [0.4, 0.5) is 0 Å². The van der Waals surface area contributed by atoms with E-state index < -0.39 is 0 Å². The lowest BCUT2D eigenvalue weighted by atomic mass is 9.93. The van der Waals surface area contributed by atoms with Gasteiger partial charge in [0.1, 0.15) is 0 Å². The van der Waals surface area contributed by atoms with E-state index in [4.69, 9.17) is 0 Å². The lowest BCUT2D eigenvalue weighted by molar-refractivity contribution is -0.138. The maximum absolute atomic E-state index is 12.5. The fourth-order valence-electron chi connectivity index (χ4n) is 3.53. The molecule has 4 heteroatoms. The highest BCUT2D eigenvalue weighted by Crippen LogP contribution is 2.26. The molecule has 3 aliphatic rings. The molecule has 0 aromatic heterocycles. The van der Waals surface area contributed by atoms with Gasteiger partial charge < -0.3 is 15.1 Å². The molecule has 0 aromatic rings. The normalized spacial score (nSPS) is 35.2. The Balaban J connectivity index is 1.59. The summed E-state index contributed by atoms with van der Waals surface area (Å²) in [4.78, 5) is 16.9.